The molecule has 24 heavy (non-hydrogen) atoms. The highest BCUT2D eigenvalue weighted by atomic mass is 16.3. The molecule has 2 aliphatic heterocycles. The molecule has 2 saturated heterocycles. The molecule has 7 nitrogen and oxygen atoms in total. The summed E-state index contributed by atoms with van der Waals surface area (Å²) in [5, 5.41) is 0. The van der Waals surface area contributed by atoms with Crippen molar-refractivity contribution in [2.24, 2.45) is 17.6 Å². The van der Waals surface area contributed by atoms with Crippen LogP contribution in [-0.2, 0) is 20.9 Å². The molecule has 0 spiro atoms. The molecule has 0 aromatic carbocycles. The van der Waals surface area contributed by atoms with Crippen molar-refractivity contribution in [1.82, 2.24) is 9.80 Å². The first-order chi connectivity index (χ1) is 11.5. The Bertz CT molecular complexity index is 628. The zero-order valence-electron chi connectivity index (χ0n) is 13.8. The van der Waals surface area contributed by atoms with Gasteiger partial charge in [-0.15, -0.1) is 0 Å². The number of likely N-dealkylation sites (tertiary alicyclic amines) is 2. The summed E-state index contributed by atoms with van der Waals surface area (Å²) in [6.45, 7) is 3.11. The van der Waals surface area contributed by atoms with Gasteiger partial charge in [0, 0.05) is 25.6 Å². The van der Waals surface area contributed by atoms with Crippen LogP contribution in [-0.4, -0.2) is 46.7 Å². The molecule has 0 aliphatic carbocycles. The Kier molecular flexibility index (Phi) is 4.59. The lowest BCUT2D eigenvalue weighted by Crippen LogP contribution is -2.50. The van der Waals surface area contributed by atoms with E-state index in [0.29, 0.717) is 31.8 Å². The van der Waals surface area contributed by atoms with Gasteiger partial charge in [0.1, 0.15) is 5.76 Å². The van der Waals surface area contributed by atoms with E-state index in [2.05, 4.69) is 0 Å². The monoisotopic (exact) mass is 333 g/mol. The zero-order chi connectivity index (χ0) is 17.3. The molecule has 7 heteroatoms. The summed E-state index contributed by atoms with van der Waals surface area (Å²) in [4.78, 5) is 39.9. The molecule has 2 fully saturated rings. The first-order valence-corrected chi connectivity index (χ1v) is 8.35. The molecule has 0 bridgehead atoms. The van der Waals surface area contributed by atoms with E-state index in [1.807, 2.05) is 13.0 Å². The van der Waals surface area contributed by atoms with Crippen molar-refractivity contribution in [2.45, 2.75) is 38.8 Å². The van der Waals surface area contributed by atoms with Crippen molar-refractivity contribution in [1.29, 1.82) is 0 Å². The molecule has 3 atom stereocenters. The average molecular weight is 333 g/mol. The molecule has 3 rings (SSSR count). The van der Waals surface area contributed by atoms with Crippen molar-refractivity contribution in [2.75, 3.05) is 13.1 Å². The third-order valence-electron chi connectivity index (χ3n) is 5.06. The summed E-state index contributed by atoms with van der Waals surface area (Å²) in [6.07, 6.45) is 3.26. The second-order valence-electron chi connectivity index (χ2n) is 6.77. The van der Waals surface area contributed by atoms with Gasteiger partial charge in [-0.3, -0.25) is 14.4 Å². The summed E-state index contributed by atoms with van der Waals surface area (Å²) >= 11 is 0. The Labute approximate surface area is 140 Å². The first kappa shape index (κ1) is 16.5. The van der Waals surface area contributed by atoms with Crippen LogP contribution in [0.1, 0.15) is 31.9 Å². The second kappa shape index (κ2) is 6.67. The fourth-order valence-corrected chi connectivity index (χ4v) is 3.56. The van der Waals surface area contributed by atoms with E-state index < -0.39 is 0 Å². The molecule has 1 aromatic heterocycles. The van der Waals surface area contributed by atoms with E-state index in [1.54, 1.807) is 22.1 Å². The van der Waals surface area contributed by atoms with Gasteiger partial charge < -0.3 is 20.0 Å². The SMILES string of the molecule is C[C@@H]1CC[C@@H](C(N)=O)CN1C(=O)[C@@H]1CC(=O)N(Cc2ccco2)C1. The van der Waals surface area contributed by atoms with Crippen LogP contribution in [0, 0.1) is 11.8 Å². The lowest BCUT2D eigenvalue weighted by Gasteiger charge is -2.38. The van der Waals surface area contributed by atoms with Gasteiger partial charge in [0.25, 0.3) is 0 Å². The molecule has 2 aliphatic rings. The molecule has 3 heterocycles. The van der Waals surface area contributed by atoms with Crippen molar-refractivity contribution in [3.05, 3.63) is 24.2 Å². The third kappa shape index (κ3) is 3.29. The number of nitrogens with two attached hydrogens (primary N) is 1. The van der Waals surface area contributed by atoms with Gasteiger partial charge in [-0.05, 0) is 31.9 Å². The number of hydrogen-bond acceptors (Lipinski definition) is 4. The van der Waals surface area contributed by atoms with Crippen LogP contribution in [0.4, 0.5) is 0 Å². The summed E-state index contributed by atoms with van der Waals surface area (Å²) in [6, 6.07) is 3.66. The summed E-state index contributed by atoms with van der Waals surface area (Å²) in [5.41, 5.74) is 5.40. The molecular formula is C17H23N3O4. The first-order valence-electron chi connectivity index (χ1n) is 8.35. The van der Waals surface area contributed by atoms with Crippen molar-refractivity contribution >= 4 is 17.7 Å². The summed E-state index contributed by atoms with van der Waals surface area (Å²) in [5.74, 6) is -0.397. The van der Waals surface area contributed by atoms with Gasteiger partial charge >= 0.3 is 0 Å². The summed E-state index contributed by atoms with van der Waals surface area (Å²) < 4.78 is 5.27. The predicted molar refractivity (Wildman–Crippen MR) is 85.3 cm³/mol. The number of furan rings is 1. The van der Waals surface area contributed by atoms with E-state index in [0.717, 1.165) is 6.42 Å². The lowest BCUT2D eigenvalue weighted by atomic mass is 9.91. The Morgan fingerprint density at radius 2 is 2.08 bits per heavy atom. The quantitative estimate of drug-likeness (QED) is 0.879. The smallest absolute Gasteiger partial charge is 0.228 e. The highest BCUT2D eigenvalue weighted by Gasteiger charge is 2.40. The Morgan fingerprint density at radius 3 is 2.75 bits per heavy atom. The van der Waals surface area contributed by atoms with Gasteiger partial charge in [0.05, 0.1) is 24.6 Å². The third-order valence-corrected chi connectivity index (χ3v) is 5.06. The van der Waals surface area contributed by atoms with Gasteiger partial charge in [-0.1, -0.05) is 0 Å². The van der Waals surface area contributed by atoms with E-state index in [4.69, 9.17) is 10.2 Å². The molecular weight excluding hydrogens is 310 g/mol. The van der Waals surface area contributed by atoms with Crippen LogP contribution >= 0.6 is 0 Å². The minimum absolute atomic E-state index is 0.0409. The minimum atomic E-state index is -0.360. The van der Waals surface area contributed by atoms with Crippen LogP contribution in [0.3, 0.4) is 0 Å². The second-order valence-corrected chi connectivity index (χ2v) is 6.77. The zero-order valence-corrected chi connectivity index (χ0v) is 13.8. The van der Waals surface area contributed by atoms with Crippen LogP contribution in [0.2, 0.25) is 0 Å². The number of piperidine rings is 1. The molecule has 1 aromatic rings. The van der Waals surface area contributed by atoms with Gasteiger partial charge in [-0.2, -0.15) is 0 Å². The topological polar surface area (TPSA) is 96.8 Å². The maximum absolute atomic E-state index is 12.8. The largest absolute Gasteiger partial charge is 0.467 e. The van der Waals surface area contributed by atoms with Crippen LogP contribution in [0.15, 0.2) is 22.8 Å². The minimum Gasteiger partial charge on any atom is -0.467 e. The highest BCUT2D eigenvalue weighted by molar-refractivity contribution is 5.90. The van der Waals surface area contributed by atoms with Crippen molar-refractivity contribution in [3.8, 4) is 0 Å². The van der Waals surface area contributed by atoms with Gasteiger partial charge in [0.15, 0.2) is 0 Å². The van der Waals surface area contributed by atoms with Crippen molar-refractivity contribution < 1.29 is 18.8 Å². The molecule has 2 N–H and O–H groups in total. The van der Waals surface area contributed by atoms with E-state index in [9.17, 15) is 14.4 Å². The predicted octanol–water partition coefficient (Wildman–Crippen LogP) is 0.741. The standard InChI is InChI=1S/C17H23N3O4/c1-11-4-5-12(16(18)22)9-20(11)17(23)13-7-15(21)19(8-13)10-14-3-2-6-24-14/h2-3,6,11-13H,4-5,7-10H2,1H3,(H2,18,22)/t11-,12-,13-/m1/s1. The molecule has 130 valence electrons. The molecule has 3 amide bonds. The van der Waals surface area contributed by atoms with E-state index >= 15 is 0 Å². The van der Waals surface area contributed by atoms with Crippen LogP contribution < -0.4 is 5.73 Å². The Hall–Kier alpha value is -2.31. The number of hydrogen-bond donors (Lipinski definition) is 1. The molecule has 0 unspecified atom stereocenters. The maximum atomic E-state index is 12.8. The van der Waals surface area contributed by atoms with E-state index in [1.165, 1.54) is 0 Å². The Balaban J connectivity index is 1.64. The number of carbonyl (C=O) groups excluding carboxylic acids is 3. The molecule has 0 radical (unpaired) electrons. The number of amides is 3. The normalized spacial score (nSPS) is 27.5. The van der Waals surface area contributed by atoms with E-state index in [-0.39, 0.29) is 42.0 Å². The van der Waals surface area contributed by atoms with Crippen molar-refractivity contribution in [3.63, 3.8) is 0 Å². The lowest BCUT2D eigenvalue weighted by molar-refractivity contribution is -0.141. The van der Waals surface area contributed by atoms with Crippen LogP contribution in [0.5, 0.6) is 0 Å². The Morgan fingerprint density at radius 1 is 1.29 bits per heavy atom. The number of rotatable bonds is 4. The fourth-order valence-electron chi connectivity index (χ4n) is 3.56. The average Bonchev–Trinajstić information content (AvgIpc) is 3.18. The van der Waals surface area contributed by atoms with Crippen LogP contribution in [0.25, 0.3) is 0 Å². The van der Waals surface area contributed by atoms with Gasteiger partial charge in [-0.25, -0.2) is 0 Å². The maximum Gasteiger partial charge on any atom is 0.228 e. The van der Waals surface area contributed by atoms with Gasteiger partial charge in [0.2, 0.25) is 17.7 Å². The number of primary amides is 1. The highest BCUT2D eigenvalue weighted by Crippen LogP contribution is 2.27. The molecule has 0 saturated carbocycles. The number of nitrogens with zero attached hydrogens (tertiary/aromatic N) is 2. The number of carbonyl (C=O) groups is 3. The summed E-state index contributed by atoms with van der Waals surface area (Å²) in [7, 11) is 0. The fraction of sp³-hybridized carbons (Fsp3) is 0.588.